The summed E-state index contributed by atoms with van der Waals surface area (Å²) in [7, 11) is 0. The number of nitrogens with one attached hydrogen (secondary N) is 2. The van der Waals surface area contributed by atoms with Gasteiger partial charge in [0.15, 0.2) is 0 Å². The van der Waals surface area contributed by atoms with Gasteiger partial charge in [-0.05, 0) is 36.8 Å². The molecule has 9 heteroatoms. The average Bonchev–Trinajstić information content (AvgIpc) is 3.18. The van der Waals surface area contributed by atoms with Crippen LogP contribution in [0.2, 0.25) is 0 Å². The Morgan fingerprint density at radius 3 is 2.54 bits per heavy atom. The Labute approximate surface area is 165 Å². The van der Waals surface area contributed by atoms with Crippen molar-refractivity contribution in [3.05, 3.63) is 60.2 Å². The van der Waals surface area contributed by atoms with Crippen molar-refractivity contribution in [1.82, 2.24) is 15.6 Å². The van der Waals surface area contributed by atoms with Crippen molar-refractivity contribution in [3.63, 3.8) is 0 Å². The van der Waals surface area contributed by atoms with E-state index in [-0.39, 0.29) is 5.13 Å². The van der Waals surface area contributed by atoms with E-state index in [1.165, 1.54) is 17.6 Å². The lowest BCUT2D eigenvalue weighted by Gasteiger charge is -2.02. The summed E-state index contributed by atoms with van der Waals surface area (Å²) >= 11 is 1.17. The number of hydrazone groups is 1. The van der Waals surface area contributed by atoms with E-state index in [1.807, 2.05) is 37.3 Å². The van der Waals surface area contributed by atoms with Crippen LogP contribution in [-0.4, -0.2) is 34.8 Å². The molecule has 0 radical (unpaired) electrons. The molecule has 3 rings (SSSR count). The maximum atomic E-state index is 11.9. The molecule has 0 unspecified atom stereocenters. The Kier molecular flexibility index (Phi) is 6.42. The van der Waals surface area contributed by atoms with Crippen molar-refractivity contribution in [2.24, 2.45) is 5.10 Å². The van der Waals surface area contributed by atoms with E-state index in [0.717, 1.165) is 16.9 Å². The molecule has 2 amide bonds. The summed E-state index contributed by atoms with van der Waals surface area (Å²) in [5.74, 6) is -1.03. The molecule has 0 saturated carbocycles. The molecular formula is C19H17N5O3S. The third-order valence-corrected chi connectivity index (χ3v) is 4.33. The molecular weight excluding hydrogens is 378 g/mol. The fourth-order valence-electron chi connectivity index (χ4n) is 2.16. The van der Waals surface area contributed by atoms with Crippen molar-refractivity contribution in [2.45, 2.75) is 6.92 Å². The van der Waals surface area contributed by atoms with E-state index in [2.05, 4.69) is 26.0 Å². The number of carbonyl (C=O) groups excluding carboxylic acids is 2. The molecule has 0 aliphatic rings. The third kappa shape index (κ3) is 5.21. The van der Waals surface area contributed by atoms with Crippen LogP contribution in [-0.2, 0) is 9.59 Å². The molecule has 2 N–H and O–H groups in total. The molecule has 0 spiro atoms. The topological polar surface area (TPSA) is 106 Å². The van der Waals surface area contributed by atoms with E-state index in [0.29, 0.717) is 11.6 Å². The van der Waals surface area contributed by atoms with Gasteiger partial charge < -0.3 is 4.74 Å². The summed E-state index contributed by atoms with van der Waals surface area (Å²) in [6, 6.07) is 16.6. The zero-order valence-corrected chi connectivity index (χ0v) is 15.8. The number of hydrogen-bond acceptors (Lipinski definition) is 7. The fraction of sp³-hybridized carbons (Fsp3) is 0.105. The molecule has 3 aromatic rings. The Morgan fingerprint density at radius 2 is 1.82 bits per heavy atom. The molecule has 0 atom stereocenters. The zero-order chi connectivity index (χ0) is 19.8. The van der Waals surface area contributed by atoms with Gasteiger partial charge in [0.05, 0.1) is 12.8 Å². The number of anilines is 1. The van der Waals surface area contributed by atoms with Gasteiger partial charge in [0.2, 0.25) is 5.13 Å². The summed E-state index contributed by atoms with van der Waals surface area (Å²) in [5, 5.41) is 14.9. The number of nitrogens with zero attached hydrogens (tertiary/aromatic N) is 3. The third-order valence-electron chi connectivity index (χ3n) is 3.44. The quantitative estimate of drug-likeness (QED) is 0.379. The fourth-order valence-corrected chi connectivity index (χ4v) is 2.90. The first-order chi connectivity index (χ1) is 13.7. The second kappa shape index (κ2) is 9.38. The van der Waals surface area contributed by atoms with Crippen LogP contribution in [0.3, 0.4) is 0 Å². The van der Waals surface area contributed by atoms with Crippen LogP contribution >= 0.6 is 11.3 Å². The summed E-state index contributed by atoms with van der Waals surface area (Å²) in [4.78, 5) is 23.8. The predicted octanol–water partition coefficient (Wildman–Crippen LogP) is 2.69. The molecule has 2 aromatic carbocycles. The monoisotopic (exact) mass is 395 g/mol. The Balaban J connectivity index is 1.52. The van der Waals surface area contributed by atoms with E-state index in [9.17, 15) is 9.59 Å². The van der Waals surface area contributed by atoms with Crippen molar-refractivity contribution in [2.75, 3.05) is 11.9 Å². The summed E-state index contributed by atoms with van der Waals surface area (Å²) in [6.07, 6.45) is 1.43. The number of carbonyl (C=O) groups is 2. The van der Waals surface area contributed by atoms with Crippen LogP contribution in [0, 0.1) is 0 Å². The molecule has 8 nitrogen and oxygen atoms in total. The predicted molar refractivity (Wildman–Crippen MR) is 107 cm³/mol. The van der Waals surface area contributed by atoms with Gasteiger partial charge in [-0.25, -0.2) is 5.43 Å². The molecule has 1 aromatic heterocycles. The molecule has 1 heterocycles. The first kappa shape index (κ1) is 19.2. The van der Waals surface area contributed by atoms with E-state index < -0.39 is 11.8 Å². The normalized spacial score (nSPS) is 10.6. The van der Waals surface area contributed by atoms with Crippen LogP contribution < -0.4 is 15.5 Å². The van der Waals surface area contributed by atoms with Crippen molar-refractivity contribution < 1.29 is 14.3 Å². The lowest BCUT2D eigenvalue weighted by atomic mass is 10.2. The van der Waals surface area contributed by atoms with Gasteiger partial charge in [0, 0.05) is 5.56 Å². The Morgan fingerprint density at radius 1 is 1.07 bits per heavy atom. The molecule has 0 saturated heterocycles. The van der Waals surface area contributed by atoms with Gasteiger partial charge in [-0.3, -0.25) is 14.9 Å². The number of ether oxygens (including phenoxy) is 1. The smallest absolute Gasteiger partial charge is 0.329 e. The highest BCUT2D eigenvalue weighted by Crippen LogP contribution is 2.25. The molecule has 0 aliphatic carbocycles. The first-order valence-electron chi connectivity index (χ1n) is 8.42. The van der Waals surface area contributed by atoms with E-state index in [1.54, 1.807) is 24.3 Å². The number of aromatic nitrogens is 2. The van der Waals surface area contributed by atoms with Crippen LogP contribution in [0.25, 0.3) is 10.6 Å². The highest BCUT2D eigenvalue weighted by atomic mass is 32.1. The lowest BCUT2D eigenvalue weighted by Crippen LogP contribution is -2.32. The van der Waals surface area contributed by atoms with Crippen molar-refractivity contribution in [3.8, 4) is 16.3 Å². The average molecular weight is 395 g/mol. The van der Waals surface area contributed by atoms with Gasteiger partial charge in [-0.1, -0.05) is 41.7 Å². The molecule has 0 aliphatic heterocycles. The minimum atomic E-state index is -0.904. The van der Waals surface area contributed by atoms with Crippen LogP contribution in [0.1, 0.15) is 12.5 Å². The van der Waals surface area contributed by atoms with Crippen molar-refractivity contribution in [1.29, 1.82) is 0 Å². The van der Waals surface area contributed by atoms with Gasteiger partial charge in [-0.15, -0.1) is 10.2 Å². The van der Waals surface area contributed by atoms with Crippen LogP contribution in [0.5, 0.6) is 5.75 Å². The first-order valence-corrected chi connectivity index (χ1v) is 9.23. The molecule has 142 valence electrons. The van der Waals surface area contributed by atoms with Gasteiger partial charge in [0.1, 0.15) is 10.8 Å². The highest BCUT2D eigenvalue weighted by molar-refractivity contribution is 7.18. The number of hydrogen-bond donors (Lipinski definition) is 2. The Bertz CT molecular complexity index is 971. The molecule has 28 heavy (non-hydrogen) atoms. The minimum absolute atomic E-state index is 0.231. The minimum Gasteiger partial charge on any atom is -0.494 e. The second-order valence-corrected chi connectivity index (χ2v) is 6.41. The largest absolute Gasteiger partial charge is 0.494 e. The van der Waals surface area contributed by atoms with Gasteiger partial charge in [0.25, 0.3) is 0 Å². The van der Waals surface area contributed by atoms with E-state index in [4.69, 9.17) is 4.74 Å². The summed E-state index contributed by atoms with van der Waals surface area (Å²) in [6.45, 7) is 2.49. The summed E-state index contributed by atoms with van der Waals surface area (Å²) in [5.41, 5.74) is 3.80. The molecule has 0 bridgehead atoms. The van der Waals surface area contributed by atoms with Gasteiger partial charge >= 0.3 is 11.8 Å². The SMILES string of the molecule is CCOc1ccc(C=NNC(=O)C(=O)Nc2nnc(-c3ccccc3)s2)cc1. The lowest BCUT2D eigenvalue weighted by molar-refractivity contribution is -0.136. The van der Waals surface area contributed by atoms with Crippen LogP contribution in [0.15, 0.2) is 59.7 Å². The number of benzene rings is 2. The maximum absolute atomic E-state index is 11.9. The zero-order valence-electron chi connectivity index (χ0n) is 15.0. The van der Waals surface area contributed by atoms with Gasteiger partial charge in [-0.2, -0.15) is 5.10 Å². The number of rotatable bonds is 6. The maximum Gasteiger partial charge on any atom is 0.329 e. The highest BCUT2D eigenvalue weighted by Gasteiger charge is 2.16. The molecule has 0 fully saturated rings. The Hall–Kier alpha value is -3.59. The van der Waals surface area contributed by atoms with Crippen molar-refractivity contribution >= 4 is 34.5 Å². The van der Waals surface area contributed by atoms with E-state index >= 15 is 0 Å². The number of amides is 2. The second-order valence-electron chi connectivity index (χ2n) is 5.43. The standard InChI is InChI=1S/C19H17N5O3S/c1-2-27-15-10-8-13(9-11-15)12-20-22-17(26)16(25)21-19-24-23-18(28-19)14-6-4-3-5-7-14/h3-12H,2H2,1H3,(H,22,26)(H,21,24,25). The van der Waals surface area contributed by atoms with Crippen LogP contribution in [0.4, 0.5) is 5.13 Å². The summed E-state index contributed by atoms with van der Waals surface area (Å²) < 4.78 is 5.34.